The summed E-state index contributed by atoms with van der Waals surface area (Å²) in [6.45, 7) is 4.67. The maximum Gasteiger partial charge on any atom is 0.262 e. The quantitative estimate of drug-likeness (QED) is 0.536. The molecule has 3 N–H and O–H groups in total. The van der Waals surface area contributed by atoms with E-state index in [1.165, 1.54) is 11.3 Å². The van der Waals surface area contributed by atoms with E-state index in [0.717, 1.165) is 41.9 Å². The zero-order valence-electron chi connectivity index (χ0n) is 17.3. The van der Waals surface area contributed by atoms with Crippen LogP contribution in [-0.4, -0.2) is 28.9 Å². The van der Waals surface area contributed by atoms with E-state index in [2.05, 4.69) is 27.9 Å². The summed E-state index contributed by atoms with van der Waals surface area (Å²) in [5.74, 6) is -0.242. The molecule has 4 rings (SSSR count). The van der Waals surface area contributed by atoms with Crippen LogP contribution in [0.15, 0.2) is 24.4 Å². The zero-order valence-corrected chi connectivity index (χ0v) is 18.8. The number of nitrogens with one attached hydrogen (secondary N) is 3. The van der Waals surface area contributed by atoms with Crippen molar-refractivity contribution in [1.82, 2.24) is 15.6 Å². The number of rotatable bonds is 9. The number of halogens is 1. The standard InChI is InChI=1S/C22H27ClN4O2S/c1-13-17(9-14(23)11-24-13)25-12-16-5-6-19(30-16)21(29)27-18(10-22(2)7-8-22)20(28)26-15-3-4-15/h5-6,9,11,15,18,25H,3-4,7-8,10,12H2,1-2H3,(H,26,28)(H,27,29). The summed E-state index contributed by atoms with van der Waals surface area (Å²) in [7, 11) is 0. The molecule has 0 aromatic carbocycles. The predicted molar refractivity (Wildman–Crippen MR) is 120 cm³/mol. The summed E-state index contributed by atoms with van der Waals surface area (Å²) in [5, 5.41) is 9.91. The summed E-state index contributed by atoms with van der Waals surface area (Å²) in [6.07, 6.45) is 6.61. The van der Waals surface area contributed by atoms with Crippen LogP contribution in [0.3, 0.4) is 0 Å². The molecule has 1 unspecified atom stereocenters. The van der Waals surface area contributed by atoms with Crippen molar-refractivity contribution >= 4 is 40.4 Å². The molecule has 2 aliphatic carbocycles. The maximum atomic E-state index is 12.8. The molecule has 6 nitrogen and oxygen atoms in total. The number of aromatic nitrogens is 1. The van der Waals surface area contributed by atoms with Crippen molar-refractivity contribution in [3.8, 4) is 0 Å². The molecule has 2 aromatic rings. The second-order valence-electron chi connectivity index (χ2n) is 8.73. The number of hydrogen-bond acceptors (Lipinski definition) is 5. The Morgan fingerprint density at radius 3 is 2.80 bits per heavy atom. The molecule has 2 aromatic heterocycles. The van der Waals surface area contributed by atoms with E-state index in [-0.39, 0.29) is 23.3 Å². The Hall–Kier alpha value is -2.12. The summed E-state index contributed by atoms with van der Waals surface area (Å²) in [4.78, 5) is 31.3. The molecule has 2 aliphatic rings. The smallest absolute Gasteiger partial charge is 0.262 e. The van der Waals surface area contributed by atoms with Crippen molar-refractivity contribution in [2.24, 2.45) is 5.41 Å². The van der Waals surface area contributed by atoms with E-state index in [4.69, 9.17) is 11.6 Å². The molecule has 0 aliphatic heterocycles. The average molecular weight is 447 g/mol. The molecular formula is C22H27ClN4O2S. The minimum absolute atomic E-state index is 0.0543. The topological polar surface area (TPSA) is 83.1 Å². The number of hydrogen-bond donors (Lipinski definition) is 3. The van der Waals surface area contributed by atoms with Crippen LogP contribution in [-0.2, 0) is 11.3 Å². The Bertz CT molecular complexity index is 952. The molecular weight excluding hydrogens is 420 g/mol. The summed E-state index contributed by atoms with van der Waals surface area (Å²) in [6, 6.07) is 5.39. The van der Waals surface area contributed by atoms with Crippen LogP contribution in [0.4, 0.5) is 5.69 Å². The minimum atomic E-state index is -0.477. The fourth-order valence-electron chi connectivity index (χ4n) is 3.34. The summed E-state index contributed by atoms with van der Waals surface area (Å²) >= 11 is 7.44. The molecule has 2 heterocycles. The fourth-order valence-corrected chi connectivity index (χ4v) is 4.35. The van der Waals surface area contributed by atoms with Gasteiger partial charge in [0, 0.05) is 23.7 Å². The van der Waals surface area contributed by atoms with Crippen molar-refractivity contribution in [2.45, 2.75) is 64.6 Å². The van der Waals surface area contributed by atoms with Gasteiger partial charge in [0.1, 0.15) is 6.04 Å². The number of anilines is 1. The second-order valence-corrected chi connectivity index (χ2v) is 10.3. The molecule has 1 atom stereocenters. The van der Waals surface area contributed by atoms with Gasteiger partial charge in [-0.25, -0.2) is 0 Å². The van der Waals surface area contributed by atoms with Crippen LogP contribution in [0.2, 0.25) is 5.02 Å². The number of thiophene rings is 1. The first-order valence-electron chi connectivity index (χ1n) is 10.4. The van der Waals surface area contributed by atoms with Gasteiger partial charge in [-0.15, -0.1) is 11.3 Å². The Morgan fingerprint density at radius 1 is 1.33 bits per heavy atom. The Labute approximate surface area is 185 Å². The number of carbonyl (C=O) groups is 2. The van der Waals surface area contributed by atoms with Crippen LogP contribution in [0, 0.1) is 12.3 Å². The van der Waals surface area contributed by atoms with Crippen LogP contribution >= 0.6 is 22.9 Å². The van der Waals surface area contributed by atoms with Crippen molar-refractivity contribution in [3.05, 3.63) is 44.9 Å². The molecule has 8 heteroatoms. The van der Waals surface area contributed by atoms with Crippen LogP contribution in [0.1, 0.15) is 59.3 Å². The van der Waals surface area contributed by atoms with Gasteiger partial charge in [0.25, 0.3) is 5.91 Å². The first-order valence-corrected chi connectivity index (χ1v) is 11.6. The third kappa shape index (κ3) is 5.52. The molecule has 2 amide bonds. The largest absolute Gasteiger partial charge is 0.379 e. The molecule has 30 heavy (non-hydrogen) atoms. The fraction of sp³-hybridized carbons (Fsp3) is 0.500. The molecule has 0 spiro atoms. The van der Waals surface area contributed by atoms with Gasteiger partial charge >= 0.3 is 0 Å². The predicted octanol–water partition coefficient (Wildman–Crippen LogP) is 4.28. The number of amides is 2. The lowest BCUT2D eigenvalue weighted by Crippen LogP contribution is -2.48. The lowest BCUT2D eigenvalue weighted by Gasteiger charge is -2.21. The highest BCUT2D eigenvalue weighted by atomic mass is 35.5. The number of aryl methyl sites for hydroxylation is 1. The molecule has 160 valence electrons. The van der Waals surface area contributed by atoms with E-state index in [1.54, 1.807) is 6.20 Å². The van der Waals surface area contributed by atoms with Crippen LogP contribution in [0.25, 0.3) is 0 Å². The monoisotopic (exact) mass is 446 g/mol. The minimum Gasteiger partial charge on any atom is -0.379 e. The molecule has 0 saturated heterocycles. The van der Waals surface area contributed by atoms with E-state index >= 15 is 0 Å². The van der Waals surface area contributed by atoms with Crippen LogP contribution < -0.4 is 16.0 Å². The lowest BCUT2D eigenvalue weighted by molar-refractivity contribution is -0.123. The summed E-state index contributed by atoms with van der Waals surface area (Å²) in [5.41, 5.74) is 1.91. The Balaban J connectivity index is 1.36. The number of nitrogens with zero attached hydrogens (tertiary/aromatic N) is 1. The van der Waals surface area contributed by atoms with E-state index in [9.17, 15) is 9.59 Å². The molecule has 2 fully saturated rings. The Kier molecular flexibility index (Phi) is 6.02. The third-order valence-electron chi connectivity index (χ3n) is 5.74. The Morgan fingerprint density at radius 2 is 2.10 bits per heavy atom. The van der Waals surface area contributed by atoms with E-state index in [1.807, 2.05) is 25.1 Å². The van der Waals surface area contributed by atoms with Gasteiger partial charge in [-0.3, -0.25) is 14.6 Å². The van der Waals surface area contributed by atoms with Crippen LogP contribution in [0.5, 0.6) is 0 Å². The highest BCUT2D eigenvalue weighted by molar-refractivity contribution is 7.14. The third-order valence-corrected chi connectivity index (χ3v) is 7.03. The highest BCUT2D eigenvalue weighted by Crippen LogP contribution is 2.49. The summed E-state index contributed by atoms with van der Waals surface area (Å²) < 4.78 is 0. The van der Waals surface area contributed by atoms with Crippen molar-refractivity contribution in [1.29, 1.82) is 0 Å². The second kappa shape index (κ2) is 8.55. The zero-order chi connectivity index (χ0) is 21.3. The molecule has 2 saturated carbocycles. The van der Waals surface area contributed by atoms with Crippen molar-refractivity contribution in [3.63, 3.8) is 0 Å². The first kappa shape index (κ1) is 21.1. The molecule has 0 radical (unpaired) electrons. The average Bonchev–Trinajstić information content (AvgIpc) is 3.61. The van der Waals surface area contributed by atoms with Gasteiger partial charge in [-0.1, -0.05) is 18.5 Å². The van der Waals surface area contributed by atoms with Gasteiger partial charge < -0.3 is 16.0 Å². The van der Waals surface area contributed by atoms with E-state index < -0.39 is 6.04 Å². The number of pyridine rings is 1. The lowest BCUT2D eigenvalue weighted by atomic mass is 9.98. The van der Waals surface area contributed by atoms with Gasteiger partial charge in [-0.05, 0) is 62.6 Å². The van der Waals surface area contributed by atoms with Gasteiger partial charge in [0.15, 0.2) is 0 Å². The van der Waals surface area contributed by atoms with Gasteiger partial charge in [0.05, 0.1) is 21.3 Å². The number of carbonyl (C=O) groups excluding carboxylic acids is 2. The normalized spacial score (nSPS) is 17.8. The first-order chi connectivity index (χ1) is 14.3. The SMILES string of the molecule is Cc1ncc(Cl)cc1NCc1ccc(C(=O)NC(CC2(C)CC2)C(=O)NC2CC2)s1. The highest BCUT2D eigenvalue weighted by Gasteiger charge is 2.42. The van der Waals surface area contributed by atoms with Crippen molar-refractivity contribution < 1.29 is 9.59 Å². The molecule has 0 bridgehead atoms. The van der Waals surface area contributed by atoms with Gasteiger partial charge in [-0.2, -0.15) is 0 Å². The maximum absolute atomic E-state index is 12.8. The van der Waals surface area contributed by atoms with Crippen molar-refractivity contribution in [2.75, 3.05) is 5.32 Å². The van der Waals surface area contributed by atoms with E-state index in [0.29, 0.717) is 22.9 Å². The van der Waals surface area contributed by atoms with Gasteiger partial charge in [0.2, 0.25) is 5.91 Å².